The number of alkyl carbamates (subject to hydrolysis) is 1. The molecule has 0 aliphatic rings. The van der Waals surface area contributed by atoms with Crippen LogP contribution < -0.4 is 16.0 Å². The van der Waals surface area contributed by atoms with Gasteiger partial charge in [0.05, 0.1) is 6.54 Å². The Labute approximate surface area is 262 Å². The monoisotopic (exact) mass is 613 g/mol. The summed E-state index contributed by atoms with van der Waals surface area (Å²) in [6.07, 6.45) is 5.38. The highest BCUT2D eigenvalue weighted by atomic mass is 16.5. The molecular formula is C34H39N5O6. The van der Waals surface area contributed by atoms with E-state index in [1.165, 1.54) is 6.26 Å². The summed E-state index contributed by atoms with van der Waals surface area (Å²) in [5, 5.41) is 20.0. The normalized spacial score (nSPS) is 12.8. The van der Waals surface area contributed by atoms with Crippen LogP contribution in [0.3, 0.4) is 0 Å². The third kappa shape index (κ3) is 10.9. The Morgan fingerprint density at radius 3 is 2.31 bits per heavy atom. The first-order chi connectivity index (χ1) is 21.8. The average molecular weight is 614 g/mol. The fraction of sp³-hybridized carbons (Fsp3) is 0.324. The maximum Gasteiger partial charge on any atom is 0.407 e. The number of nitrogens with one attached hydrogen (secondary N) is 3. The lowest BCUT2D eigenvalue weighted by molar-refractivity contribution is -0.123. The molecule has 4 N–H and O–H groups in total. The van der Waals surface area contributed by atoms with Crippen molar-refractivity contribution in [1.82, 2.24) is 25.9 Å². The van der Waals surface area contributed by atoms with Crippen molar-refractivity contribution < 1.29 is 28.6 Å². The zero-order chi connectivity index (χ0) is 31.9. The molecule has 11 heteroatoms. The highest BCUT2D eigenvalue weighted by molar-refractivity contribution is 5.91. The zero-order valence-electron chi connectivity index (χ0n) is 25.3. The first-order valence-electron chi connectivity index (χ1n) is 14.9. The molecule has 0 radical (unpaired) electrons. The Balaban J connectivity index is 1.28. The SMILES string of the molecule is CC(CCNC(=O)OCc1ccccc1)CC(=O)NCC(O)(CCc1ccccc1)c1nc(C(=O)NCc2ccncc2)co1. The van der Waals surface area contributed by atoms with Crippen LogP contribution in [0.25, 0.3) is 0 Å². The molecule has 11 nitrogen and oxygen atoms in total. The number of ether oxygens (including phenoxy) is 1. The number of hydrogen-bond acceptors (Lipinski definition) is 8. The van der Waals surface area contributed by atoms with Crippen molar-refractivity contribution >= 4 is 17.9 Å². The number of carbonyl (C=O) groups excluding carboxylic acids is 3. The quantitative estimate of drug-likeness (QED) is 0.146. The maximum absolute atomic E-state index is 12.8. The summed E-state index contributed by atoms with van der Waals surface area (Å²) in [7, 11) is 0. The summed E-state index contributed by atoms with van der Waals surface area (Å²) in [5.41, 5.74) is 1.12. The second kappa shape index (κ2) is 16.7. The minimum atomic E-state index is -1.66. The number of aromatic nitrogens is 2. The number of benzene rings is 2. The van der Waals surface area contributed by atoms with Crippen molar-refractivity contribution in [1.29, 1.82) is 0 Å². The van der Waals surface area contributed by atoms with Gasteiger partial charge in [-0.1, -0.05) is 67.6 Å². The van der Waals surface area contributed by atoms with E-state index in [0.717, 1.165) is 16.7 Å². The second-order valence-electron chi connectivity index (χ2n) is 11.0. The maximum atomic E-state index is 12.8. The molecule has 2 heterocycles. The minimum absolute atomic E-state index is 0.0203. The summed E-state index contributed by atoms with van der Waals surface area (Å²) in [6, 6.07) is 22.6. The molecule has 0 aliphatic carbocycles. The Morgan fingerprint density at radius 1 is 0.911 bits per heavy atom. The molecule has 3 amide bonds. The zero-order valence-corrected chi connectivity index (χ0v) is 25.3. The topological polar surface area (TPSA) is 156 Å². The molecule has 0 aliphatic heterocycles. The molecule has 4 aromatic rings. The number of nitrogens with zero attached hydrogens (tertiary/aromatic N) is 2. The van der Waals surface area contributed by atoms with E-state index in [1.54, 1.807) is 24.5 Å². The van der Waals surface area contributed by atoms with Crippen LogP contribution in [0, 0.1) is 5.92 Å². The van der Waals surface area contributed by atoms with Gasteiger partial charge >= 0.3 is 6.09 Å². The lowest BCUT2D eigenvalue weighted by atomic mass is 9.94. The van der Waals surface area contributed by atoms with Crippen LogP contribution in [0.15, 0.2) is 95.9 Å². The van der Waals surface area contributed by atoms with Gasteiger partial charge in [0.15, 0.2) is 11.3 Å². The van der Waals surface area contributed by atoms with Gasteiger partial charge in [-0.2, -0.15) is 0 Å². The van der Waals surface area contributed by atoms with Gasteiger partial charge in [-0.05, 0) is 54.0 Å². The number of pyridine rings is 1. The van der Waals surface area contributed by atoms with Crippen molar-refractivity contribution in [3.8, 4) is 0 Å². The molecule has 45 heavy (non-hydrogen) atoms. The molecule has 2 atom stereocenters. The predicted molar refractivity (Wildman–Crippen MR) is 167 cm³/mol. The van der Waals surface area contributed by atoms with Crippen molar-refractivity contribution in [2.24, 2.45) is 5.92 Å². The van der Waals surface area contributed by atoms with Crippen molar-refractivity contribution in [3.63, 3.8) is 0 Å². The molecule has 4 rings (SSSR count). The van der Waals surface area contributed by atoms with Crippen molar-refractivity contribution in [3.05, 3.63) is 120 Å². The van der Waals surface area contributed by atoms with Crippen molar-refractivity contribution in [2.45, 2.75) is 51.4 Å². The fourth-order valence-corrected chi connectivity index (χ4v) is 4.56. The smallest absolute Gasteiger partial charge is 0.407 e. The van der Waals surface area contributed by atoms with Crippen LogP contribution in [0.5, 0.6) is 0 Å². The first-order valence-corrected chi connectivity index (χ1v) is 14.9. The van der Waals surface area contributed by atoms with Crippen LogP contribution in [-0.4, -0.2) is 46.1 Å². The molecule has 0 spiro atoms. The van der Waals surface area contributed by atoms with Gasteiger partial charge in [0.25, 0.3) is 5.91 Å². The largest absolute Gasteiger partial charge is 0.445 e. The van der Waals surface area contributed by atoms with Gasteiger partial charge in [-0.3, -0.25) is 14.6 Å². The molecule has 2 aromatic heterocycles. The van der Waals surface area contributed by atoms with E-state index >= 15 is 0 Å². The third-order valence-electron chi connectivity index (χ3n) is 7.24. The van der Waals surface area contributed by atoms with E-state index in [1.807, 2.05) is 67.6 Å². The number of carbonyl (C=O) groups is 3. The number of amides is 3. The number of oxazole rings is 1. The predicted octanol–water partition coefficient (Wildman–Crippen LogP) is 4.28. The summed E-state index contributed by atoms with van der Waals surface area (Å²) in [4.78, 5) is 45.8. The fourth-order valence-electron chi connectivity index (χ4n) is 4.56. The van der Waals surface area contributed by atoms with E-state index in [0.29, 0.717) is 19.4 Å². The highest BCUT2D eigenvalue weighted by Gasteiger charge is 2.36. The van der Waals surface area contributed by atoms with Crippen LogP contribution >= 0.6 is 0 Å². The number of aliphatic hydroxyl groups is 1. The average Bonchev–Trinajstić information content (AvgIpc) is 3.57. The minimum Gasteiger partial charge on any atom is -0.445 e. The Hall–Kier alpha value is -5.03. The van der Waals surface area contributed by atoms with Gasteiger partial charge < -0.3 is 30.2 Å². The van der Waals surface area contributed by atoms with Gasteiger partial charge in [0.1, 0.15) is 12.9 Å². The molecule has 0 bridgehead atoms. The van der Waals surface area contributed by atoms with E-state index in [4.69, 9.17) is 9.15 Å². The molecule has 2 aromatic carbocycles. The number of aryl methyl sites for hydroxylation is 1. The lowest BCUT2D eigenvalue weighted by Gasteiger charge is -2.25. The molecule has 236 valence electrons. The summed E-state index contributed by atoms with van der Waals surface area (Å²) in [6.45, 7) is 2.56. The van der Waals surface area contributed by atoms with Crippen LogP contribution in [0.2, 0.25) is 0 Å². The van der Waals surface area contributed by atoms with Crippen LogP contribution in [0.1, 0.15) is 59.3 Å². The summed E-state index contributed by atoms with van der Waals surface area (Å²) >= 11 is 0. The van der Waals surface area contributed by atoms with E-state index in [-0.39, 0.29) is 55.9 Å². The third-order valence-corrected chi connectivity index (χ3v) is 7.24. The van der Waals surface area contributed by atoms with Gasteiger partial charge in [-0.15, -0.1) is 0 Å². The first kappa shape index (κ1) is 32.9. The van der Waals surface area contributed by atoms with Crippen molar-refractivity contribution in [2.75, 3.05) is 13.1 Å². The Kier molecular flexibility index (Phi) is 12.2. The van der Waals surface area contributed by atoms with Gasteiger partial charge in [0, 0.05) is 31.9 Å². The molecule has 2 unspecified atom stereocenters. The molecule has 0 fully saturated rings. The van der Waals surface area contributed by atoms with E-state index in [2.05, 4.69) is 25.9 Å². The molecular weight excluding hydrogens is 574 g/mol. The van der Waals surface area contributed by atoms with Gasteiger partial charge in [0.2, 0.25) is 11.8 Å². The molecule has 0 saturated carbocycles. The Bertz CT molecular complexity index is 1500. The van der Waals surface area contributed by atoms with E-state index < -0.39 is 17.6 Å². The van der Waals surface area contributed by atoms with Crippen LogP contribution in [-0.2, 0) is 34.7 Å². The second-order valence-corrected chi connectivity index (χ2v) is 11.0. The Morgan fingerprint density at radius 2 is 1.60 bits per heavy atom. The molecule has 0 saturated heterocycles. The summed E-state index contributed by atoms with van der Waals surface area (Å²) in [5.74, 6) is -0.829. The van der Waals surface area contributed by atoms with Gasteiger partial charge in [-0.25, -0.2) is 9.78 Å². The van der Waals surface area contributed by atoms with E-state index in [9.17, 15) is 19.5 Å². The number of rotatable bonds is 16. The standard InChI is InChI=1S/C34H39N5O6/c1-25(13-19-36-33(42)45-22-28-10-6-3-7-11-28)20-30(40)38-24-34(43,16-12-26-8-4-2-5-9-26)32-39-29(23-44-32)31(41)37-21-27-14-17-35-18-15-27/h2-11,14-15,17-18,23,25,43H,12-13,16,19-22,24H2,1H3,(H,36,42)(H,37,41)(H,38,40). The number of hydrogen-bond donors (Lipinski definition) is 4. The highest BCUT2D eigenvalue weighted by Crippen LogP contribution is 2.26. The summed E-state index contributed by atoms with van der Waals surface area (Å²) < 4.78 is 10.8. The lowest BCUT2D eigenvalue weighted by Crippen LogP contribution is -2.42. The van der Waals surface area contributed by atoms with Crippen LogP contribution in [0.4, 0.5) is 4.79 Å².